The molecule has 1 aromatic carbocycles. The van der Waals surface area contributed by atoms with Crippen LogP contribution in [0.3, 0.4) is 0 Å². The topological polar surface area (TPSA) is 0 Å². The third-order valence-corrected chi connectivity index (χ3v) is 7.87. The zero-order valence-electron chi connectivity index (χ0n) is 15.8. The van der Waals surface area contributed by atoms with Crippen molar-refractivity contribution in [3.05, 3.63) is 73.9 Å². The standard InChI is InChI=1S/C25H27I/c1-25(2)23-14-17(20-9-5-7-16-6-3-4-8-19(16)20)10-12-21(23)22-13-11-18(26)15-24(22)25/h3,6,10-12,14-16,22H,4-5,7-9,13H2,1-2H3. The summed E-state index contributed by atoms with van der Waals surface area (Å²) in [5, 5.41) is 0. The molecule has 0 aromatic heterocycles. The molecule has 2 unspecified atom stereocenters. The quantitative estimate of drug-likeness (QED) is 0.303. The fourth-order valence-corrected chi connectivity index (χ4v) is 6.35. The van der Waals surface area contributed by atoms with E-state index in [-0.39, 0.29) is 5.41 Å². The van der Waals surface area contributed by atoms with Crippen molar-refractivity contribution in [3.63, 3.8) is 0 Å². The first kappa shape index (κ1) is 17.0. The summed E-state index contributed by atoms with van der Waals surface area (Å²) < 4.78 is 1.41. The number of fused-ring (bicyclic) bond motifs is 4. The van der Waals surface area contributed by atoms with Crippen LogP contribution in [0.25, 0.3) is 5.57 Å². The van der Waals surface area contributed by atoms with Crippen LogP contribution in [0.5, 0.6) is 0 Å². The highest BCUT2D eigenvalue weighted by Gasteiger charge is 2.42. The largest absolute Gasteiger partial charge is 0.0876 e. The minimum absolute atomic E-state index is 0.159. The van der Waals surface area contributed by atoms with E-state index in [1.54, 1.807) is 27.8 Å². The van der Waals surface area contributed by atoms with Crippen LogP contribution in [-0.4, -0.2) is 0 Å². The van der Waals surface area contributed by atoms with Gasteiger partial charge >= 0.3 is 0 Å². The van der Waals surface area contributed by atoms with E-state index in [1.165, 1.54) is 47.7 Å². The van der Waals surface area contributed by atoms with E-state index in [0.29, 0.717) is 11.8 Å². The minimum atomic E-state index is 0.159. The number of rotatable bonds is 1. The van der Waals surface area contributed by atoms with E-state index in [9.17, 15) is 0 Å². The molecule has 0 spiro atoms. The molecule has 0 heterocycles. The molecule has 0 amide bonds. The highest BCUT2D eigenvalue weighted by molar-refractivity contribution is 14.1. The summed E-state index contributed by atoms with van der Waals surface area (Å²) in [5.74, 6) is 1.31. The van der Waals surface area contributed by atoms with Gasteiger partial charge in [0.05, 0.1) is 0 Å². The molecule has 134 valence electrons. The molecule has 26 heavy (non-hydrogen) atoms. The van der Waals surface area contributed by atoms with Gasteiger partial charge in [-0.25, -0.2) is 0 Å². The van der Waals surface area contributed by atoms with Gasteiger partial charge < -0.3 is 0 Å². The second-order valence-corrected chi connectivity index (χ2v) is 10.1. The molecule has 1 aromatic rings. The third-order valence-electron chi connectivity index (χ3n) is 7.12. The molecule has 0 bridgehead atoms. The van der Waals surface area contributed by atoms with Crippen LogP contribution in [0, 0.1) is 5.92 Å². The summed E-state index contributed by atoms with van der Waals surface area (Å²) in [7, 11) is 0. The van der Waals surface area contributed by atoms with Crippen molar-refractivity contribution in [1.29, 1.82) is 0 Å². The first-order chi connectivity index (χ1) is 12.6. The highest BCUT2D eigenvalue weighted by atomic mass is 127. The molecule has 4 aliphatic carbocycles. The first-order valence-corrected chi connectivity index (χ1v) is 11.2. The van der Waals surface area contributed by atoms with Gasteiger partial charge in [-0.2, -0.15) is 0 Å². The van der Waals surface area contributed by atoms with E-state index >= 15 is 0 Å². The average Bonchev–Trinajstić information content (AvgIpc) is 2.88. The van der Waals surface area contributed by atoms with E-state index < -0.39 is 0 Å². The molecule has 4 aliphatic rings. The SMILES string of the molecule is CC1(C)C2=CC(I)=CCC2c2ccc(C3=C4CCC=CC4CCC3)cc21. The van der Waals surface area contributed by atoms with Crippen molar-refractivity contribution >= 4 is 28.2 Å². The van der Waals surface area contributed by atoms with Crippen molar-refractivity contribution in [1.82, 2.24) is 0 Å². The zero-order chi connectivity index (χ0) is 17.9. The van der Waals surface area contributed by atoms with Gasteiger partial charge in [-0.3, -0.25) is 0 Å². The Labute approximate surface area is 171 Å². The van der Waals surface area contributed by atoms with Crippen LogP contribution >= 0.6 is 22.6 Å². The second-order valence-electron chi connectivity index (χ2n) is 8.87. The molecule has 0 N–H and O–H groups in total. The van der Waals surface area contributed by atoms with Crippen LogP contribution in [-0.2, 0) is 5.41 Å². The number of hydrogen-bond acceptors (Lipinski definition) is 0. The fraction of sp³-hybridized carbons (Fsp3) is 0.440. The monoisotopic (exact) mass is 454 g/mol. The summed E-state index contributed by atoms with van der Waals surface area (Å²) in [6, 6.07) is 7.45. The Hall–Kier alpha value is -1.09. The fourth-order valence-electron chi connectivity index (χ4n) is 5.76. The van der Waals surface area contributed by atoms with E-state index in [4.69, 9.17) is 0 Å². The Bertz CT molecular complexity index is 891. The van der Waals surface area contributed by atoms with Gasteiger partial charge in [0.1, 0.15) is 0 Å². The van der Waals surface area contributed by atoms with Crippen molar-refractivity contribution in [2.24, 2.45) is 5.92 Å². The molecule has 0 saturated heterocycles. The molecule has 1 heteroatoms. The first-order valence-electron chi connectivity index (χ1n) is 10.2. The van der Waals surface area contributed by atoms with Crippen LogP contribution in [0.4, 0.5) is 0 Å². The lowest BCUT2D eigenvalue weighted by Crippen LogP contribution is -2.18. The van der Waals surface area contributed by atoms with Crippen molar-refractivity contribution in [3.8, 4) is 0 Å². The van der Waals surface area contributed by atoms with Gasteiger partial charge in [-0.15, -0.1) is 0 Å². The molecular formula is C25H27I. The Balaban J connectivity index is 1.62. The van der Waals surface area contributed by atoms with Crippen LogP contribution in [0.1, 0.15) is 75.0 Å². The summed E-state index contributed by atoms with van der Waals surface area (Å²) in [6.07, 6.45) is 17.3. The maximum atomic E-state index is 2.56. The lowest BCUT2D eigenvalue weighted by molar-refractivity contribution is 0.571. The molecule has 0 aliphatic heterocycles. The predicted molar refractivity (Wildman–Crippen MR) is 120 cm³/mol. The van der Waals surface area contributed by atoms with E-state index in [2.05, 4.69) is 78.9 Å². The van der Waals surface area contributed by atoms with E-state index in [1.807, 2.05) is 0 Å². The maximum Gasteiger partial charge on any atom is 0.0118 e. The Morgan fingerprint density at radius 1 is 1.15 bits per heavy atom. The van der Waals surface area contributed by atoms with Crippen molar-refractivity contribution in [2.45, 2.75) is 63.7 Å². The summed E-state index contributed by atoms with van der Waals surface area (Å²) in [5.41, 5.74) is 9.85. The number of allylic oxidation sites excluding steroid dienone is 8. The van der Waals surface area contributed by atoms with Gasteiger partial charge in [0.15, 0.2) is 0 Å². The van der Waals surface area contributed by atoms with Crippen LogP contribution in [0.2, 0.25) is 0 Å². The number of hydrogen-bond donors (Lipinski definition) is 0. The number of halogens is 1. The van der Waals surface area contributed by atoms with Crippen LogP contribution < -0.4 is 0 Å². The minimum Gasteiger partial charge on any atom is -0.0876 e. The van der Waals surface area contributed by atoms with Crippen LogP contribution in [0.15, 0.2) is 57.2 Å². The van der Waals surface area contributed by atoms with Gasteiger partial charge in [0.25, 0.3) is 0 Å². The van der Waals surface area contributed by atoms with E-state index in [0.717, 1.165) is 0 Å². The summed E-state index contributed by atoms with van der Waals surface area (Å²) in [4.78, 5) is 0. The molecule has 0 fully saturated rings. The molecular weight excluding hydrogens is 427 g/mol. The maximum absolute atomic E-state index is 2.56. The van der Waals surface area contributed by atoms with Gasteiger partial charge in [0.2, 0.25) is 0 Å². The summed E-state index contributed by atoms with van der Waals surface area (Å²) >= 11 is 2.48. The van der Waals surface area contributed by atoms with Gasteiger partial charge in [-0.05, 0) is 95.4 Å². The van der Waals surface area contributed by atoms with Crippen molar-refractivity contribution in [2.75, 3.05) is 0 Å². The number of benzene rings is 1. The molecule has 2 atom stereocenters. The highest BCUT2D eigenvalue weighted by Crippen LogP contribution is 2.54. The lowest BCUT2D eigenvalue weighted by Gasteiger charge is -2.30. The molecule has 0 radical (unpaired) electrons. The normalized spacial score (nSPS) is 28.9. The Morgan fingerprint density at radius 2 is 2.04 bits per heavy atom. The Kier molecular flexibility index (Phi) is 4.08. The molecule has 5 rings (SSSR count). The Morgan fingerprint density at radius 3 is 2.92 bits per heavy atom. The second kappa shape index (κ2) is 6.22. The molecule has 0 saturated carbocycles. The summed E-state index contributed by atoms with van der Waals surface area (Å²) in [6.45, 7) is 4.86. The van der Waals surface area contributed by atoms with Crippen molar-refractivity contribution < 1.29 is 0 Å². The zero-order valence-corrected chi connectivity index (χ0v) is 18.0. The van der Waals surface area contributed by atoms with Gasteiger partial charge in [-0.1, -0.05) is 61.4 Å². The average molecular weight is 454 g/mol. The lowest BCUT2D eigenvalue weighted by atomic mass is 9.75. The predicted octanol–water partition coefficient (Wildman–Crippen LogP) is 7.61. The molecule has 0 nitrogen and oxygen atoms in total. The van der Waals surface area contributed by atoms with Gasteiger partial charge in [0, 0.05) is 14.9 Å². The smallest absolute Gasteiger partial charge is 0.0118 e. The third kappa shape index (κ3) is 2.53.